The number of unbranched alkanes of at least 4 members (excludes halogenated alkanes) is 14. The van der Waals surface area contributed by atoms with Gasteiger partial charge in [0.05, 0.1) is 0 Å². The molecule has 0 nitrogen and oxygen atoms in total. The van der Waals surface area contributed by atoms with Gasteiger partial charge in [0.15, 0.2) is 0 Å². The van der Waals surface area contributed by atoms with Gasteiger partial charge >= 0.3 is 0 Å². The van der Waals surface area contributed by atoms with E-state index in [1.54, 1.807) is 0 Å². The summed E-state index contributed by atoms with van der Waals surface area (Å²) in [5.41, 5.74) is 0. The highest BCUT2D eigenvalue weighted by Crippen LogP contribution is 2.12. The highest BCUT2D eigenvalue weighted by molar-refractivity contribution is 4.64. The van der Waals surface area contributed by atoms with Crippen molar-refractivity contribution in [2.75, 3.05) is 0 Å². The molecule has 0 saturated carbocycles. The Balaban J connectivity index is 2.85. The van der Waals surface area contributed by atoms with Crippen molar-refractivity contribution < 1.29 is 0 Å². The molecule has 0 bridgehead atoms. The lowest BCUT2D eigenvalue weighted by Crippen LogP contribution is -1.83. The van der Waals surface area contributed by atoms with Gasteiger partial charge in [-0.25, -0.2) is 0 Å². The Labute approximate surface area is 111 Å². The first kappa shape index (κ1) is 17.0. The van der Waals surface area contributed by atoms with Gasteiger partial charge in [0.2, 0.25) is 0 Å². The molecule has 0 atom stereocenters. The minimum Gasteiger partial charge on any atom is -0.0533 e. The third-order valence-corrected chi connectivity index (χ3v) is 3.36. The van der Waals surface area contributed by atoms with Crippen molar-refractivity contribution in [2.24, 2.45) is 0 Å². The highest BCUT2D eigenvalue weighted by atomic mass is 14.0. The summed E-state index contributed by atoms with van der Waals surface area (Å²) < 4.78 is 0. The molecule has 101 valence electrons. The van der Waals surface area contributed by atoms with Gasteiger partial charge in [0.1, 0.15) is 0 Å². The summed E-state index contributed by atoms with van der Waals surface area (Å²) in [6.07, 6.45) is 21.3. The molecule has 0 rings (SSSR count). The Bertz CT molecular complexity index is 103. The maximum absolute atomic E-state index is 3.87. The predicted octanol–water partition coefficient (Wildman–Crippen LogP) is 6.32. The second kappa shape index (κ2) is 16.0. The van der Waals surface area contributed by atoms with Crippen LogP contribution in [0.1, 0.15) is 89.9 Å². The average Bonchev–Trinajstić information content (AvgIpc) is 2.35. The van der Waals surface area contributed by atoms with Crippen molar-refractivity contribution in [2.45, 2.75) is 89.9 Å². The van der Waals surface area contributed by atoms with Crippen molar-refractivity contribution in [3.8, 4) is 0 Å². The molecule has 0 aromatic heterocycles. The van der Waals surface area contributed by atoms with Gasteiger partial charge in [-0.15, -0.1) is 0 Å². The molecule has 0 unspecified atom stereocenters. The van der Waals surface area contributed by atoms with Crippen LogP contribution in [0.4, 0.5) is 0 Å². The third kappa shape index (κ3) is 16.0. The SMILES string of the molecule is [CH2]C[CH]CCCCCCCCCCCCC[CH2]. The lowest BCUT2D eigenvalue weighted by Gasteiger charge is -2.02. The van der Waals surface area contributed by atoms with Crippen LogP contribution in [-0.4, -0.2) is 0 Å². The highest BCUT2D eigenvalue weighted by Gasteiger charge is 1.93. The van der Waals surface area contributed by atoms with Crippen LogP contribution in [-0.2, 0) is 0 Å². The molecule has 0 heteroatoms. The van der Waals surface area contributed by atoms with E-state index in [0.29, 0.717) is 0 Å². The zero-order valence-corrected chi connectivity index (χ0v) is 11.9. The van der Waals surface area contributed by atoms with Gasteiger partial charge in [0, 0.05) is 0 Å². The first-order chi connectivity index (χ1) is 8.41. The molecule has 0 spiro atoms. The van der Waals surface area contributed by atoms with Gasteiger partial charge in [-0.2, -0.15) is 0 Å². The van der Waals surface area contributed by atoms with Crippen molar-refractivity contribution in [3.05, 3.63) is 20.3 Å². The predicted molar refractivity (Wildman–Crippen MR) is 79.7 cm³/mol. The Morgan fingerprint density at radius 1 is 0.529 bits per heavy atom. The fourth-order valence-corrected chi connectivity index (χ4v) is 2.20. The lowest BCUT2D eigenvalue weighted by atomic mass is 10.0. The van der Waals surface area contributed by atoms with E-state index in [1.807, 2.05) is 0 Å². The van der Waals surface area contributed by atoms with Crippen molar-refractivity contribution in [3.63, 3.8) is 0 Å². The Morgan fingerprint density at radius 3 is 1.35 bits per heavy atom. The molecular weight excluding hydrogens is 204 g/mol. The van der Waals surface area contributed by atoms with Gasteiger partial charge in [0.25, 0.3) is 0 Å². The largest absolute Gasteiger partial charge is 0.0533 e. The minimum absolute atomic E-state index is 0.994. The molecule has 3 radical (unpaired) electrons. The number of hydrogen-bond donors (Lipinski definition) is 0. The second-order valence-electron chi connectivity index (χ2n) is 5.11. The van der Waals surface area contributed by atoms with E-state index < -0.39 is 0 Å². The number of hydrogen-bond acceptors (Lipinski definition) is 0. The summed E-state index contributed by atoms with van der Waals surface area (Å²) in [6, 6.07) is 0. The van der Waals surface area contributed by atoms with E-state index in [2.05, 4.69) is 20.3 Å². The molecule has 0 heterocycles. The molecule has 0 aliphatic heterocycles. The molecule has 0 aliphatic rings. The molecular formula is C17H33. The fraction of sp³-hybridized carbons (Fsp3) is 0.824. The van der Waals surface area contributed by atoms with Crippen LogP contribution in [0, 0.1) is 20.3 Å². The van der Waals surface area contributed by atoms with E-state index in [1.165, 1.54) is 77.0 Å². The fourth-order valence-electron chi connectivity index (χ4n) is 2.20. The molecule has 0 aliphatic carbocycles. The molecule has 0 N–H and O–H groups in total. The summed E-state index contributed by atoms with van der Waals surface area (Å²) in [7, 11) is 0. The standard InChI is InChI=1S/C17H33/c1-3-5-7-9-11-13-15-17-16-14-12-10-8-6-4-2/h5H,1-4,6-17H2. The third-order valence-electron chi connectivity index (χ3n) is 3.36. The van der Waals surface area contributed by atoms with E-state index >= 15 is 0 Å². The topological polar surface area (TPSA) is 0 Å². The quantitative estimate of drug-likeness (QED) is 0.310. The number of rotatable bonds is 14. The van der Waals surface area contributed by atoms with Crippen molar-refractivity contribution in [1.82, 2.24) is 0 Å². The van der Waals surface area contributed by atoms with Crippen molar-refractivity contribution in [1.29, 1.82) is 0 Å². The van der Waals surface area contributed by atoms with Crippen LogP contribution in [0.3, 0.4) is 0 Å². The second-order valence-corrected chi connectivity index (χ2v) is 5.11. The normalized spacial score (nSPS) is 10.9. The maximum Gasteiger partial charge on any atom is -0.0386 e. The van der Waals surface area contributed by atoms with Crippen LogP contribution >= 0.6 is 0 Å². The first-order valence-corrected chi connectivity index (χ1v) is 7.82. The maximum atomic E-state index is 3.87. The lowest BCUT2D eigenvalue weighted by molar-refractivity contribution is 0.545. The van der Waals surface area contributed by atoms with Gasteiger partial charge in [-0.05, 0) is 6.42 Å². The molecule has 0 fully saturated rings. The average molecular weight is 237 g/mol. The molecule has 0 amide bonds. The zero-order valence-electron chi connectivity index (χ0n) is 11.9. The van der Waals surface area contributed by atoms with E-state index in [0.717, 1.165) is 12.8 Å². The van der Waals surface area contributed by atoms with Crippen LogP contribution in [0.15, 0.2) is 0 Å². The monoisotopic (exact) mass is 237 g/mol. The van der Waals surface area contributed by atoms with Crippen LogP contribution in [0.5, 0.6) is 0 Å². The summed E-state index contributed by atoms with van der Waals surface area (Å²) in [4.78, 5) is 0. The van der Waals surface area contributed by atoms with Crippen molar-refractivity contribution >= 4 is 0 Å². The summed E-state index contributed by atoms with van der Waals surface area (Å²) in [5.74, 6) is 0. The Hall–Kier alpha value is 0. The van der Waals surface area contributed by atoms with Gasteiger partial charge < -0.3 is 0 Å². The smallest absolute Gasteiger partial charge is 0.0386 e. The minimum atomic E-state index is 0.994. The van der Waals surface area contributed by atoms with Gasteiger partial charge in [-0.3, -0.25) is 0 Å². The van der Waals surface area contributed by atoms with Crippen LogP contribution < -0.4 is 0 Å². The molecule has 0 aromatic carbocycles. The summed E-state index contributed by atoms with van der Waals surface area (Å²) >= 11 is 0. The molecule has 0 aromatic rings. The molecule has 0 saturated heterocycles. The van der Waals surface area contributed by atoms with E-state index in [-0.39, 0.29) is 0 Å². The van der Waals surface area contributed by atoms with Crippen LogP contribution in [0.2, 0.25) is 0 Å². The zero-order chi connectivity index (χ0) is 12.6. The molecule has 17 heavy (non-hydrogen) atoms. The summed E-state index contributed by atoms with van der Waals surface area (Å²) in [6.45, 7) is 7.70. The first-order valence-electron chi connectivity index (χ1n) is 7.82. The van der Waals surface area contributed by atoms with Gasteiger partial charge in [-0.1, -0.05) is 104 Å². The Kier molecular flexibility index (Phi) is 16.0. The van der Waals surface area contributed by atoms with E-state index in [4.69, 9.17) is 0 Å². The van der Waals surface area contributed by atoms with Crippen LogP contribution in [0.25, 0.3) is 0 Å². The van der Waals surface area contributed by atoms with E-state index in [9.17, 15) is 0 Å². The summed E-state index contributed by atoms with van der Waals surface area (Å²) in [5, 5.41) is 0. The Morgan fingerprint density at radius 2 is 0.941 bits per heavy atom.